The molecule has 1 aromatic carbocycles. The van der Waals surface area contributed by atoms with Crippen LogP contribution in [0, 0.1) is 0 Å². The Morgan fingerprint density at radius 1 is 1.44 bits per heavy atom. The fourth-order valence-corrected chi connectivity index (χ4v) is 1.59. The molecule has 0 aromatic heterocycles. The zero-order chi connectivity index (χ0) is 12.0. The molecule has 0 saturated carbocycles. The van der Waals surface area contributed by atoms with E-state index in [9.17, 15) is 4.79 Å². The van der Waals surface area contributed by atoms with E-state index in [1.807, 2.05) is 31.3 Å². The average Bonchev–Trinajstić information content (AvgIpc) is 2.30. The number of rotatable bonds is 5. The van der Waals surface area contributed by atoms with Gasteiger partial charge in [0.1, 0.15) is 0 Å². The maximum absolute atomic E-state index is 11.1. The molecule has 88 valence electrons. The molecule has 0 bridgehead atoms. The lowest BCUT2D eigenvalue weighted by atomic mass is 10.0. The van der Waals surface area contributed by atoms with E-state index in [1.165, 1.54) is 7.11 Å². The molecule has 0 fully saturated rings. The van der Waals surface area contributed by atoms with Crippen LogP contribution in [0.1, 0.15) is 12.0 Å². The Balaban J connectivity index is 2.56. The van der Waals surface area contributed by atoms with Gasteiger partial charge in [0, 0.05) is 11.1 Å². The number of methoxy groups -OCH3 is 1. The molecule has 0 radical (unpaired) electrons. The lowest BCUT2D eigenvalue weighted by Crippen LogP contribution is -2.30. The van der Waals surface area contributed by atoms with E-state index in [0.717, 1.165) is 17.0 Å². The van der Waals surface area contributed by atoms with Gasteiger partial charge < -0.3 is 10.1 Å². The van der Waals surface area contributed by atoms with E-state index >= 15 is 0 Å². The fourth-order valence-electron chi connectivity index (χ4n) is 1.47. The second-order valence-electron chi connectivity index (χ2n) is 3.60. The number of halogens is 1. The highest BCUT2D eigenvalue weighted by molar-refractivity contribution is 6.30. The summed E-state index contributed by atoms with van der Waals surface area (Å²) in [4.78, 5) is 11.1. The first-order chi connectivity index (χ1) is 7.65. The number of carbonyl (C=O) groups excluding carboxylic acids is 1. The fraction of sp³-hybridized carbons (Fsp3) is 0.417. The average molecular weight is 242 g/mol. The summed E-state index contributed by atoms with van der Waals surface area (Å²) in [6.07, 6.45) is 1.15. The van der Waals surface area contributed by atoms with Crippen LogP contribution in [0.3, 0.4) is 0 Å². The molecular formula is C12H16ClNO2. The maximum Gasteiger partial charge on any atom is 0.307 e. The van der Waals surface area contributed by atoms with Gasteiger partial charge in [-0.1, -0.05) is 23.7 Å². The number of hydrogen-bond acceptors (Lipinski definition) is 3. The normalized spacial score (nSPS) is 12.2. The van der Waals surface area contributed by atoms with Gasteiger partial charge in [0.25, 0.3) is 0 Å². The molecule has 0 aliphatic heterocycles. The van der Waals surface area contributed by atoms with Crippen LogP contribution < -0.4 is 5.32 Å². The van der Waals surface area contributed by atoms with Gasteiger partial charge in [-0.05, 0) is 31.2 Å². The van der Waals surface area contributed by atoms with Crippen molar-refractivity contribution in [2.75, 3.05) is 14.2 Å². The van der Waals surface area contributed by atoms with Crippen LogP contribution in [0.2, 0.25) is 5.02 Å². The number of nitrogens with one attached hydrogen (secondary N) is 1. The molecule has 0 heterocycles. The summed E-state index contributed by atoms with van der Waals surface area (Å²) in [6, 6.07) is 7.71. The van der Waals surface area contributed by atoms with Gasteiger partial charge in [-0.2, -0.15) is 0 Å². The van der Waals surface area contributed by atoms with Gasteiger partial charge in [0.15, 0.2) is 0 Å². The van der Waals surface area contributed by atoms with Crippen LogP contribution in [0.25, 0.3) is 0 Å². The third kappa shape index (κ3) is 4.21. The minimum atomic E-state index is -0.201. The Hall–Kier alpha value is -1.06. The molecule has 4 heteroatoms. The summed E-state index contributed by atoms with van der Waals surface area (Å²) < 4.78 is 4.64. The molecule has 0 saturated heterocycles. The molecule has 0 unspecified atom stereocenters. The first-order valence-electron chi connectivity index (χ1n) is 5.14. The van der Waals surface area contributed by atoms with E-state index in [2.05, 4.69) is 10.1 Å². The SMILES string of the molecule is CN[C@H](CC(=O)OC)Cc1ccc(Cl)cc1. The standard InChI is InChI=1S/C12H16ClNO2/c1-14-11(8-12(15)16-2)7-9-3-5-10(13)6-4-9/h3-6,11,14H,7-8H2,1-2H3/t11-/m0/s1. The van der Waals surface area contributed by atoms with Gasteiger partial charge in [0.2, 0.25) is 0 Å². The van der Waals surface area contributed by atoms with Crippen molar-refractivity contribution in [2.45, 2.75) is 18.9 Å². The number of likely N-dealkylation sites (N-methyl/N-ethyl adjacent to an activating group) is 1. The largest absolute Gasteiger partial charge is 0.469 e. The predicted molar refractivity (Wildman–Crippen MR) is 64.6 cm³/mol. The lowest BCUT2D eigenvalue weighted by molar-refractivity contribution is -0.141. The van der Waals surface area contributed by atoms with Crippen molar-refractivity contribution in [1.29, 1.82) is 0 Å². The molecule has 16 heavy (non-hydrogen) atoms. The van der Waals surface area contributed by atoms with Gasteiger partial charge in [0.05, 0.1) is 13.5 Å². The smallest absolute Gasteiger partial charge is 0.307 e. The van der Waals surface area contributed by atoms with E-state index in [1.54, 1.807) is 0 Å². The summed E-state index contributed by atoms with van der Waals surface area (Å²) in [6.45, 7) is 0. The van der Waals surface area contributed by atoms with Crippen molar-refractivity contribution in [3.8, 4) is 0 Å². The van der Waals surface area contributed by atoms with Crippen LogP contribution in [-0.2, 0) is 16.0 Å². The number of benzene rings is 1. The van der Waals surface area contributed by atoms with Crippen LogP contribution >= 0.6 is 11.6 Å². The Morgan fingerprint density at radius 2 is 2.06 bits per heavy atom. The summed E-state index contributed by atoms with van der Waals surface area (Å²) >= 11 is 5.80. The molecule has 3 nitrogen and oxygen atoms in total. The van der Waals surface area contributed by atoms with Crippen LogP contribution in [-0.4, -0.2) is 26.2 Å². The number of hydrogen-bond donors (Lipinski definition) is 1. The van der Waals surface area contributed by atoms with E-state index < -0.39 is 0 Å². The molecule has 0 aliphatic rings. The first kappa shape index (κ1) is 13.0. The molecule has 1 rings (SSSR count). The minimum absolute atomic E-state index is 0.0913. The lowest BCUT2D eigenvalue weighted by Gasteiger charge is -2.14. The monoisotopic (exact) mass is 241 g/mol. The molecule has 1 atom stereocenters. The second kappa shape index (κ2) is 6.51. The van der Waals surface area contributed by atoms with E-state index in [0.29, 0.717) is 6.42 Å². The number of carbonyl (C=O) groups is 1. The van der Waals surface area contributed by atoms with E-state index in [-0.39, 0.29) is 12.0 Å². The summed E-state index contributed by atoms with van der Waals surface area (Å²) in [7, 11) is 3.24. The van der Waals surface area contributed by atoms with Crippen molar-refractivity contribution < 1.29 is 9.53 Å². The number of ether oxygens (including phenoxy) is 1. The van der Waals surface area contributed by atoms with Crippen LogP contribution in [0.4, 0.5) is 0 Å². The third-order valence-corrected chi connectivity index (χ3v) is 2.70. The van der Waals surface area contributed by atoms with Crippen molar-refractivity contribution in [3.05, 3.63) is 34.9 Å². The molecule has 0 spiro atoms. The third-order valence-electron chi connectivity index (χ3n) is 2.44. The van der Waals surface area contributed by atoms with Crippen LogP contribution in [0.5, 0.6) is 0 Å². The van der Waals surface area contributed by atoms with Crippen molar-refractivity contribution in [2.24, 2.45) is 0 Å². The van der Waals surface area contributed by atoms with Crippen LogP contribution in [0.15, 0.2) is 24.3 Å². The summed E-state index contributed by atoms with van der Waals surface area (Å²) in [5.41, 5.74) is 1.15. The van der Waals surface area contributed by atoms with Crippen molar-refractivity contribution >= 4 is 17.6 Å². The highest BCUT2D eigenvalue weighted by atomic mass is 35.5. The Morgan fingerprint density at radius 3 is 2.56 bits per heavy atom. The van der Waals surface area contributed by atoms with E-state index in [4.69, 9.17) is 11.6 Å². The molecule has 1 N–H and O–H groups in total. The van der Waals surface area contributed by atoms with Gasteiger partial charge in [-0.15, -0.1) is 0 Å². The quantitative estimate of drug-likeness (QED) is 0.802. The Bertz CT molecular complexity index is 337. The van der Waals surface area contributed by atoms with Gasteiger partial charge in [-0.3, -0.25) is 4.79 Å². The minimum Gasteiger partial charge on any atom is -0.469 e. The zero-order valence-electron chi connectivity index (χ0n) is 9.50. The Labute approximate surface area is 101 Å². The van der Waals surface area contributed by atoms with Gasteiger partial charge >= 0.3 is 5.97 Å². The van der Waals surface area contributed by atoms with Crippen molar-refractivity contribution in [1.82, 2.24) is 5.32 Å². The van der Waals surface area contributed by atoms with Crippen molar-refractivity contribution in [3.63, 3.8) is 0 Å². The zero-order valence-corrected chi connectivity index (χ0v) is 10.3. The second-order valence-corrected chi connectivity index (χ2v) is 4.03. The number of esters is 1. The first-order valence-corrected chi connectivity index (χ1v) is 5.52. The molecule has 1 aromatic rings. The molecular weight excluding hydrogens is 226 g/mol. The van der Waals surface area contributed by atoms with Gasteiger partial charge in [-0.25, -0.2) is 0 Å². The topological polar surface area (TPSA) is 38.3 Å². The highest BCUT2D eigenvalue weighted by Gasteiger charge is 2.12. The Kier molecular flexibility index (Phi) is 5.29. The molecule has 0 aliphatic carbocycles. The predicted octanol–water partition coefficient (Wildman–Crippen LogP) is 2.03. The maximum atomic E-state index is 11.1. The summed E-state index contributed by atoms with van der Waals surface area (Å²) in [5, 5.41) is 3.82. The summed E-state index contributed by atoms with van der Waals surface area (Å²) in [5.74, 6) is -0.201. The highest BCUT2D eigenvalue weighted by Crippen LogP contribution is 2.12. The molecule has 0 amide bonds.